The van der Waals surface area contributed by atoms with Gasteiger partial charge < -0.3 is 65.1 Å². The van der Waals surface area contributed by atoms with Crippen molar-refractivity contribution in [1.82, 2.24) is 5.32 Å². The molecule has 2 fully saturated rings. The van der Waals surface area contributed by atoms with Crippen LogP contribution in [0.5, 0.6) is 0 Å². The van der Waals surface area contributed by atoms with Gasteiger partial charge in [0.15, 0.2) is 12.6 Å². The molecule has 2 aliphatic heterocycles. The summed E-state index contributed by atoms with van der Waals surface area (Å²) in [6.45, 7) is 2.63. The third-order valence-corrected chi connectivity index (χ3v) is 15.0. The minimum absolute atomic E-state index is 0.231. The van der Waals surface area contributed by atoms with E-state index in [2.05, 4.69) is 141 Å². The molecule has 484 valence electrons. The summed E-state index contributed by atoms with van der Waals surface area (Å²) < 4.78 is 22.8. The van der Waals surface area contributed by atoms with Crippen LogP contribution in [0.2, 0.25) is 0 Å². The Bertz CT molecular complexity index is 1940. The van der Waals surface area contributed by atoms with Crippen LogP contribution in [0.4, 0.5) is 0 Å². The molecule has 0 aromatic rings. The van der Waals surface area contributed by atoms with Gasteiger partial charge in [-0.3, -0.25) is 4.79 Å². The molecule has 2 aliphatic rings. The highest BCUT2D eigenvalue weighted by molar-refractivity contribution is 5.76. The predicted octanol–water partition coefficient (Wildman–Crippen LogP) is 12.7. The highest BCUT2D eigenvalue weighted by atomic mass is 16.7. The zero-order valence-corrected chi connectivity index (χ0v) is 52.3. The lowest BCUT2D eigenvalue weighted by atomic mass is 9.97. The van der Waals surface area contributed by atoms with Crippen molar-refractivity contribution in [3.05, 3.63) is 134 Å². The van der Waals surface area contributed by atoms with Gasteiger partial charge in [0.05, 0.1) is 32.0 Å². The molecule has 2 heterocycles. The summed E-state index contributed by atoms with van der Waals surface area (Å²) >= 11 is 0. The summed E-state index contributed by atoms with van der Waals surface area (Å²) in [6.07, 6.45) is 63.4. The SMILES string of the molecule is CC/C=C\C/C=C\C/C=C\C/C=C\C/C=C\C/C=C\C/C=C\C/C=C\CCCCCCC(=O)NC(COC1OC(CO)C(OC2OC(CO)C(O)C(O)C2O)C(O)C1O)C(O)/C=C/CC/C=C/CC/C=C/CCCCCCCCCCCCCC. The van der Waals surface area contributed by atoms with Gasteiger partial charge in [0, 0.05) is 6.42 Å². The number of amides is 1. The normalized spacial score (nSPS) is 24.4. The number of carbonyl (C=O) groups is 1. The largest absolute Gasteiger partial charge is 0.394 e. The number of hydrogen-bond acceptors (Lipinski definition) is 13. The summed E-state index contributed by atoms with van der Waals surface area (Å²) in [5, 5.41) is 87.3. The minimum atomic E-state index is -1.80. The van der Waals surface area contributed by atoms with Crippen LogP contribution in [0.3, 0.4) is 0 Å². The molecule has 1 amide bonds. The summed E-state index contributed by atoms with van der Waals surface area (Å²) in [5.41, 5.74) is 0. The van der Waals surface area contributed by atoms with Crippen LogP contribution in [0.15, 0.2) is 134 Å². The molecule has 0 radical (unpaired) electrons. The maximum Gasteiger partial charge on any atom is 0.220 e. The fourth-order valence-corrected chi connectivity index (χ4v) is 9.81. The molecule has 0 aliphatic carbocycles. The fraction of sp³-hybridized carbons (Fsp3) is 0.676. The number of rotatable bonds is 51. The van der Waals surface area contributed by atoms with E-state index in [1.165, 1.54) is 77.0 Å². The van der Waals surface area contributed by atoms with Crippen LogP contribution in [0.25, 0.3) is 0 Å². The number of allylic oxidation sites excluding steroid dienone is 21. The highest BCUT2D eigenvalue weighted by Gasteiger charge is 2.51. The Hall–Kier alpha value is -3.87. The van der Waals surface area contributed by atoms with Crippen LogP contribution in [-0.4, -0.2) is 140 Å². The first-order valence-electron chi connectivity index (χ1n) is 32.9. The molecule has 0 aromatic carbocycles. The van der Waals surface area contributed by atoms with E-state index in [0.29, 0.717) is 12.8 Å². The van der Waals surface area contributed by atoms with Gasteiger partial charge in [-0.05, 0) is 109 Å². The molecule has 2 rings (SSSR count). The molecule has 12 atom stereocenters. The van der Waals surface area contributed by atoms with Crippen molar-refractivity contribution < 1.29 is 64.6 Å². The van der Waals surface area contributed by atoms with E-state index in [1.54, 1.807) is 6.08 Å². The Morgan fingerprint density at radius 3 is 1.29 bits per heavy atom. The van der Waals surface area contributed by atoms with E-state index in [4.69, 9.17) is 18.9 Å². The van der Waals surface area contributed by atoms with Gasteiger partial charge in [0.25, 0.3) is 0 Å². The van der Waals surface area contributed by atoms with Crippen LogP contribution in [0.1, 0.15) is 213 Å². The lowest BCUT2D eigenvalue weighted by Gasteiger charge is -2.46. The second-order valence-corrected chi connectivity index (χ2v) is 22.5. The Morgan fingerprint density at radius 1 is 0.435 bits per heavy atom. The Kier molecular flexibility index (Phi) is 49.3. The van der Waals surface area contributed by atoms with Crippen molar-refractivity contribution in [3.63, 3.8) is 0 Å². The van der Waals surface area contributed by atoms with E-state index in [1.807, 2.05) is 6.08 Å². The topological polar surface area (TPSA) is 228 Å². The number of ether oxygens (including phenoxy) is 4. The fourth-order valence-electron chi connectivity index (χ4n) is 9.81. The van der Waals surface area contributed by atoms with E-state index in [9.17, 15) is 45.6 Å². The van der Waals surface area contributed by atoms with Gasteiger partial charge >= 0.3 is 0 Å². The van der Waals surface area contributed by atoms with Crippen molar-refractivity contribution >= 4 is 5.91 Å². The summed E-state index contributed by atoms with van der Waals surface area (Å²) in [7, 11) is 0. The average Bonchev–Trinajstić information content (AvgIpc) is 3.69. The lowest BCUT2D eigenvalue weighted by molar-refractivity contribution is -0.359. The van der Waals surface area contributed by atoms with E-state index < -0.39 is 86.8 Å². The molecule has 14 heteroatoms. The van der Waals surface area contributed by atoms with Crippen molar-refractivity contribution in [2.75, 3.05) is 19.8 Å². The van der Waals surface area contributed by atoms with E-state index in [0.717, 1.165) is 103 Å². The monoisotopic (exact) mass is 1190 g/mol. The van der Waals surface area contributed by atoms with Crippen LogP contribution < -0.4 is 5.32 Å². The van der Waals surface area contributed by atoms with Gasteiger partial charge in [0.1, 0.15) is 48.8 Å². The van der Waals surface area contributed by atoms with Gasteiger partial charge in [-0.25, -0.2) is 0 Å². The highest BCUT2D eigenvalue weighted by Crippen LogP contribution is 2.30. The number of hydrogen-bond donors (Lipinski definition) is 9. The molecular weight excluding hydrogens is 1070 g/mol. The Morgan fingerprint density at radius 2 is 0.824 bits per heavy atom. The maximum absolute atomic E-state index is 13.3. The van der Waals surface area contributed by atoms with Crippen LogP contribution in [-0.2, 0) is 23.7 Å². The summed E-state index contributed by atoms with van der Waals surface area (Å²) in [6, 6.07) is -0.964. The van der Waals surface area contributed by atoms with Gasteiger partial charge in [-0.15, -0.1) is 0 Å². The van der Waals surface area contributed by atoms with E-state index in [-0.39, 0.29) is 18.9 Å². The standard InChI is InChI=1S/C71H117NO13/c1-3-5-7-9-11-13-15-17-19-21-23-25-27-28-29-30-31-32-33-35-37-39-41-43-45-47-49-51-53-55-63(76)72-59(58-82-70-68(81)66(79)69(62(57-74)84-70)85-71-67(80)65(78)64(77)61(56-73)83-71)60(75)54-52-50-48-46-44-42-40-38-36-34-26-24-22-20-18-16-14-12-10-8-6-4-2/h5,7,11,13,17,19,23,25,28-29,31-32,35-38,41,43-44,46,52,54,59-62,64-71,73-75,77-81H,3-4,6,8-10,12,14-16,18,20-22,24,26-27,30,33-34,39-40,42,45,47-51,53,55-58H2,1-2H3,(H,72,76)/b7-5-,13-11-,19-17-,25-23-,29-28-,32-31-,37-35-,38-36+,43-41-,46-44+,54-52+. The van der Waals surface area contributed by atoms with Gasteiger partial charge in [0.2, 0.25) is 5.91 Å². The molecule has 12 unspecified atom stereocenters. The third kappa shape index (κ3) is 38.9. The Labute approximate surface area is 513 Å². The molecule has 9 N–H and O–H groups in total. The third-order valence-electron chi connectivity index (χ3n) is 15.0. The quantitative estimate of drug-likeness (QED) is 0.0204. The number of unbranched alkanes of at least 4 members (excludes halogenated alkanes) is 18. The lowest BCUT2D eigenvalue weighted by Crippen LogP contribution is -2.65. The number of aliphatic hydroxyl groups is 8. The molecule has 85 heavy (non-hydrogen) atoms. The molecule has 0 bridgehead atoms. The molecule has 0 spiro atoms. The van der Waals surface area contributed by atoms with E-state index >= 15 is 0 Å². The molecule has 0 aromatic heterocycles. The Balaban J connectivity index is 1.77. The van der Waals surface area contributed by atoms with Crippen molar-refractivity contribution in [2.24, 2.45) is 0 Å². The second kappa shape index (κ2) is 54.3. The van der Waals surface area contributed by atoms with Crippen molar-refractivity contribution in [2.45, 2.75) is 286 Å². The summed E-state index contributed by atoms with van der Waals surface area (Å²) in [4.78, 5) is 13.3. The molecule has 14 nitrogen and oxygen atoms in total. The number of nitrogens with one attached hydrogen (secondary N) is 1. The van der Waals surface area contributed by atoms with Crippen LogP contribution in [0, 0.1) is 0 Å². The second-order valence-electron chi connectivity index (χ2n) is 22.5. The smallest absolute Gasteiger partial charge is 0.220 e. The van der Waals surface area contributed by atoms with Gasteiger partial charge in [-0.2, -0.15) is 0 Å². The van der Waals surface area contributed by atoms with Gasteiger partial charge in [-0.1, -0.05) is 231 Å². The van der Waals surface area contributed by atoms with Crippen molar-refractivity contribution in [1.29, 1.82) is 0 Å². The zero-order chi connectivity index (χ0) is 61.6. The zero-order valence-electron chi connectivity index (χ0n) is 52.3. The average molecular weight is 1190 g/mol. The predicted molar refractivity (Wildman–Crippen MR) is 345 cm³/mol. The number of carbonyl (C=O) groups excluding carboxylic acids is 1. The first kappa shape index (κ1) is 77.2. The molecular formula is C71H117NO13. The number of aliphatic hydroxyl groups excluding tert-OH is 8. The minimum Gasteiger partial charge on any atom is -0.394 e. The molecule has 2 saturated heterocycles. The maximum atomic E-state index is 13.3. The first-order chi connectivity index (χ1) is 41.6. The molecule has 0 saturated carbocycles. The van der Waals surface area contributed by atoms with Crippen LogP contribution >= 0.6 is 0 Å². The first-order valence-corrected chi connectivity index (χ1v) is 32.9. The van der Waals surface area contributed by atoms with Crippen molar-refractivity contribution in [3.8, 4) is 0 Å². The summed E-state index contributed by atoms with van der Waals surface area (Å²) in [5.74, 6) is -0.283.